The zero-order valence-electron chi connectivity index (χ0n) is 12.3. The zero-order valence-corrected chi connectivity index (χ0v) is 12.3. The van der Waals surface area contributed by atoms with Crippen molar-refractivity contribution < 1.29 is 9.59 Å². The second kappa shape index (κ2) is 5.84. The first-order valence-electron chi connectivity index (χ1n) is 7.70. The lowest BCUT2D eigenvalue weighted by molar-refractivity contribution is -0.141. The van der Waals surface area contributed by atoms with Crippen LogP contribution in [0, 0.1) is 6.92 Å². The molecule has 0 radical (unpaired) electrons. The lowest BCUT2D eigenvalue weighted by atomic mass is 9.94. The minimum atomic E-state index is -0.442. The molecule has 1 unspecified atom stereocenters. The molecule has 1 aliphatic heterocycles. The minimum absolute atomic E-state index is 0.0362. The van der Waals surface area contributed by atoms with E-state index in [9.17, 15) is 9.59 Å². The Hall–Kier alpha value is -1.91. The molecule has 2 amide bonds. The number of aromatic nitrogens is 1. The van der Waals surface area contributed by atoms with Gasteiger partial charge in [0.15, 0.2) is 0 Å². The number of pyridine rings is 1. The van der Waals surface area contributed by atoms with Crippen LogP contribution in [0.5, 0.6) is 0 Å². The monoisotopic (exact) mass is 287 g/mol. The number of rotatable bonds is 3. The highest BCUT2D eigenvalue weighted by Gasteiger charge is 2.42. The van der Waals surface area contributed by atoms with Gasteiger partial charge in [-0.15, -0.1) is 0 Å². The highest BCUT2D eigenvalue weighted by atomic mass is 16.2. The molecule has 1 N–H and O–H groups in total. The van der Waals surface area contributed by atoms with Gasteiger partial charge in [0.25, 0.3) is 5.91 Å². The molecule has 3 rings (SSSR count). The SMILES string of the molecule is Cc1ccncc1NC1CC(=O)N(C2CCCCC2)C1=O. The maximum Gasteiger partial charge on any atom is 0.252 e. The first kappa shape index (κ1) is 14.0. The van der Waals surface area contributed by atoms with Crippen LogP contribution in [-0.2, 0) is 9.59 Å². The van der Waals surface area contributed by atoms with Crippen LogP contribution in [0.2, 0.25) is 0 Å². The summed E-state index contributed by atoms with van der Waals surface area (Å²) in [7, 11) is 0. The van der Waals surface area contributed by atoms with E-state index in [4.69, 9.17) is 0 Å². The molecule has 112 valence electrons. The van der Waals surface area contributed by atoms with Crippen LogP contribution < -0.4 is 5.32 Å². The normalized spacial score (nSPS) is 23.7. The Morgan fingerprint density at radius 2 is 2.00 bits per heavy atom. The number of carbonyl (C=O) groups is 2. The number of nitrogens with zero attached hydrogens (tertiary/aromatic N) is 2. The molecule has 0 bridgehead atoms. The average Bonchev–Trinajstić information content (AvgIpc) is 2.77. The number of anilines is 1. The molecule has 2 heterocycles. The molecule has 1 saturated heterocycles. The van der Waals surface area contributed by atoms with Crippen molar-refractivity contribution in [1.82, 2.24) is 9.88 Å². The van der Waals surface area contributed by atoms with Crippen molar-refractivity contribution in [3.63, 3.8) is 0 Å². The van der Waals surface area contributed by atoms with Gasteiger partial charge in [0.1, 0.15) is 6.04 Å². The molecule has 1 aliphatic carbocycles. The number of aryl methyl sites for hydroxylation is 1. The molecular weight excluding hydrogens is 266 g/mol. The Labute approximate surface area is 124 Å². The van der Waals surface area contributed by atoms with E-state index in [2.05, 4.69) is 10.3 Å². The quantitative estimate of drug-likeness (QED) is 0.866. The number of amides is 2. The molecule has 0 spiro atoms. The van der Waals surface area contributed by atoms with E-state index in [-0.39, 0.29) is 24.3 Å². The van der Waals surface area contributed by atoms with E-state index in [1.807, 2.05) is 13.0 Å². The Balaban J connectivity index is 1.72. The van der Waals surface area contributed by atoms with Crippen molar-refractivity contribution in [2.75, 3.05) is 5.32 Å². The zero-order chi connectivity index (χ0) is 14.8. The summed E-state index contributed by atoms with van der Waals surface area (Å²) in [5, 5.41) is 3.18. The smallest absolute Gasteiger partial charge is 0.252 e. The topological polar surface area (TPSA) is 62.3 Å². The Morgan fingerprint density at radius 3 is 2.71 bits per heavy atom. The largest absolute Gasteiger partial charge is 0.372 e. The van der Waals surface area contributed by atoms with Gasteiger partial charge in [-0.1, -0.05) is 19.3 Å². The van der Waals surface area contributed by atoms with Crippen molar-refractivity contribution in [1.29, 1.82) is 0 Å². The summed E-state index contributed by atoms with van der Waals surface area (Å²) < 4.78 is 0. The van der Waals surface area contributed by atoms with Crippen LogP contribution in [-0.4, -0.2) is 33.8 Å². The molecule has 5 nitrogen and oxygen atoms in total. The standard InChI is InChI=1S/C16H21N3O2/c1-11-7-8-17-10-14(11)18-13-9-15(20)19(16(13)21)12-5-3-2-4-6-12/h7-8,10,12-13,18H,2-6,9H2,1H3. The predicted octanol–water partition coefficient (Wildman–Crippen LogP) is 2.26. The fourth-order valence-corrected chi connectivity index (χ4v) is 3.29. The van der Waals surface area contributed by atoms with Crippen molar-refractivity contribution in [3.8, 4) is 0 Å². The van der Waals surface area contributed by atoms with Crippen molar-refractivity contribution in [3.05, 3.63) is 24.0 Å². The van der Waals surface area contributed by atoms with Gasteiger partial charge >= 0.3 is 0 Å². The molecule has 0 aromatic carbocycles. The first-order valence-corrected chi connectivity index (χ1v) is 7.70. The van der Waals surface area contributed by atoms with Crippen molar-refractivity contribution in [2.45, 2.75) is 57.5 Å². The summed E-state index contributed by atoms with van der Waals surface area (Å²) in [5.41, 5.74) is 1.86. The van der Waals surface area contributed by atoms with E-state index >= 15 is 0 Å². The van der Waals surface area contributed by atoms with E-state index < -0.39 is 6.04 Å². The van der Waals surface area contributed by atoms with Gasteiger partial charge in [-0.25, -0.2) is 0 Å². The molecule has 1 aromatic rings. The number of likely N-dealkylation sites (tertiary alicyclic amines) is 1. The number of hydrogen-bond donors (Lipinski definition) is 1. The van der Waals surface area contributed by atoms with Gasteiger partial charge < -0.3 is 5.32 Å². The molecule has 1 aromatic heterocycles. The van der Waals surface area contributed by atoms with Gasteiger partial charge in [0.2, 0.25) is 5.91 Å². The predicted molar refractivity (Wildman–Crippen MR) is 79.7 cm³/mol. The van der Waals surface area contributed by atoms with Crippen molar-refractivity contribution >= 4 is 17.5 Å². The van der Waals surface area contributed by atoms with Crippen LogP contribution in [0.4, 0.5) is 5.69 Å². The highest BCUT2D eigenvalue weighted by molar-refractivity contribution is 6.07. The first-order chi connectivity index (χ1) is 10.2. The summed E-state index contributed by atoms with van der Waals surface area (Å²) in [6, 6.07) is 1.56. The summed E-state index contributed by atoms with van der Waals surface area (Å²) in [6.45, 7) is 1.96. The van der Waals surface area contributed by atoms with Crippen molar-refractivity contribution in [2.24, 2.45) is 0 Å². The molecule has 21 heavy (non-hydrogen) atoms. The second-order valence-electron chi connectivity index (χ2n) is 5.99. The maximum atomic E-state index is 12.6. The van der Waals surface area contributed by atoms with Gasteiger partial charge in [0.05, 0.1) is 18.3 Å². The molecule has 5 heteroatoms. The maximum absolute atomic E-state index is 12.6. The molecule has 1 atom stereocenters. The van der Waals surface area contributed by atoms with Gasteiger partial charge in [0, 0.05) is 12.2 Å². The Morgan fingerprint density at radius 1 is 1.24 bits per heavy atom. The second-order valence-corrected chi connectivity index (χ2v) is 5.99. The van der Waals surface area contributed by atoms with E-state index in [0.717, 1.165) is 36.9 Å². The number of hydrogen-bond acceptors (Lipinski definition) is 4. The van der Waals surface area contributed by atoms with Crippen LogP contribution in [0.1, 0.15) is 44.1 Å². The number of carbonyl (C=O) groups excluding carboxylic acids is 2. The lowest BCUT2D eigenvalue weighted by Gasteiger charge is -2.29. The summed E-state index contributed by atoms with van der Waals surface area (Å²) in [4.78, 5) is 30.4. The summed E-state index contributed by atoms with van der Waals surface area (Å²) in [5.74, 6) is -0.110. The van der Waals surface area contributed by atoms with E-state index in [1.165, 1.54) is 11.3 Å². The molecular formula is C16H21N3O2. The van der Waals surface area contributed by atoms with Crippen LogP contribution in [0.25, 0.3) is 0 Å². The lowest BCUT2D eigenvalue weighted by Crippen LogP contribution is -2.43. The minimum Gasteiger partial charge on any atom is -0.372 e. The van der Waals surface area contributed by atoms with Gasteiger partial charge in [-0.3, -0.25) is 19.5 Å². The van der Waals surface area contributed by atoms with Crippen LogP contribution in [0.15, 0.2) is 18.5 Å². The number of nitrogens with one attached hydrogen (secondary N) is 1. The number of imide groups is 1. The van der Waals surface area contributed by atoms with Gasteiger partial charge in [-0.05, 0) is 31.4 Å². The van der Waals surface area contributed by atoms with Crippen LogP contribution >= 0.6 is 0 Å². The summed E-state index contributed by atoms with van der Waals surface area (Å²) in [6.07, 6.45) is 9.02. The van der Waals surface area contributed by atoms with E-state index in [0.29, 0.717) is 0 Å². The fourth-order valence-electron chi connectivity index (χ4n) is 3.29. The third-order valence-corrected chi connectivity index (χ3v) is 4.49. The molecule has 1 saturated carbocycles. The summed E-state index contributed by atoms with van der Waals surface area (Å²) >= 11 is 0. The third-order valence-electron chi connectivity index (χ3n) is 4.49. The average molecular weight is 287 g/mol. The van der Waals surface area contributed by atoms with Gasteiger partial charge in [-0.2, -0.15) is 0 Å². The van der Waals surface area contributed by atoms with E-state index in [1.54, 1.807) is 12.4 Å². The molecule has 2 fully saturated rings. The molecule has 2 aliphatic rings. The van der Waals surface area contributed by atoms with Crippen LogP contribution in [0.3, 0.4) is 0 Å². The highest BCUT2D eigenvalue weighted by Crippen LogP contribution is 2.28. The third kappa shape index (κ3) is 2.77. The fraction of sp³-hybridized carbons (Fsp3) is 0.562. The Bertz CT molecular complexity index is 552. The Kier molecular flexibility index (Phi) is 3.90.